The molecule has 0 fully saturated rings. The molecule has 3 rings (SSSR count). The van der Waals surface area contributed by atoms with E-state index in [1.165, 1.54) is 19.2 Å². The number of hydrazine groups is 1. The Morgan fingerprint density at radius 3 is 2.13 bits per heavy atom. The van der Waals surface area contributed by atoms with Crippen LogP contribution in [0, 0.1) is 0 Å². The number of ether oxygens (including phenoxy) is 2. The van der Waals surface area contributed by atoms with E-state index in [2.05, 4.69) is 10.7 Å². The largest absolute Gasteiger partial charge is 0.495 e. The summed E-state index contributed by atoms with van der Waals surface area (Å²) in [6, 6.07) is 21.4. The Balaban J connectivity index is 1.86. The van der Waals surface area contributed by atoms with Gasteiger partial charge >= 0.3 is 0 Å². The predicted molar refractivity (Wildman–Crippen MR) is 124 cm³/mol. The monoisotopic (exact) mass is 441 g/mol. The van der Waals surface area contributed by atoms with Gasteiger partial charge in [-0.3, -0.25) is 10.2 Å². The number of nitrogens with zero attached hydrogens (tertiary/aromatic N) is 1. The fraction of sp³-hybridized carbons (Fsp3) is 0.0909. The fourth-order valence-electron chi connectivity index (χ4n) is 2.73. The first-order valence-electron chi connectivity index (χ1n) is 8.97. The van der Waals surface area contributed by atoms with Gasteiger partial charge in [0.25, 0.3) is 5.91 Å². The number of rotatable bonds is 5. The van der Waals surface area contributed by atoms with E-state index in [0.717, 1.165) is 0 Å². The highest BCUT2D eigenvalue weighted by Crippen LogP contribution is 2.35. The molecule has 6 nitrogen and oxygen atoms in total. The maximum absolute atomic E-state index is 13.1. The topological polar surface area (TPSA) is 62.8 Å². The van der Waals surface area contributed by atoms with Crippen LogP contribution in [0.5, 0.6) is 11.5 Å². The minimum atomic E-state index is -0.259. The molecule has 0 radical (unpaired) electrons. The van der Waals surface area contributed by atoms with Gasteiger partial charge in [0.15, 0.2) is 5.11 Å². The zero-order chi connectivity index (χ0) is 21.5. The van der Waals surface area contributed by atoms with Gasteiger partial charge in [0.1, 0.15) is 11.5 Å². The molecule has 0 bridgehead atoms. The number of para-hydroxylation sites is 1. The summed E-state index contributed by atoms with van der Waals surface area (Å²) in [5.41, 5.74) is 4.63. The molecule has 0 aromatic heterocycles. The minimum Gasteiger partial charge on any atom is -0.495 e. The SMILES string of the molecule is COc1cc(OC)c(NC(=S)NN(C(=O)c2ccccc2)c2ccccc2)cc1Cl. The number of anilines is 2. The van der Waals surface area contributed by atoms with E-state index in [0.29, 0.717) is 33.5 Å². The second-order valence-corrected chi connectivity index (χ2v) is 6.91. The Kier molecular flexibility index (Phi) is 7.11. The Labute approximate surface area is 185 Å². The van der Waals surface area contributed by atoms with Gasteiger partial charge in [-0.05, 0) is 42.5 Å². The van der Waals surface area contributed by atoms with Gasteiger partial charge in [-0.2, -0.15) is 0 Å². The van der Waals surface area contributed by atoms with Crippen molar-refractivity contribution in [2.24, 2.45) is 0 Å². The first-order chi connectivity index (χ1) is 14.5. The summed E-state index contributed by atoms with van der Waals surface area (Å²) >= 11 is 11.7. The second kappa shape index (κ2) is 9.96. The van der Waals surface area contributed by atoms with Crippen molar-refractivity contribution in [2.45, 2.75) is 0 Å². The third-order valence-electron chi connectivity index (χ3n) is 4.17. The smallest absolute Gasteiger partial charge is 0.276 e. The van der Waals surface area contributed by atoms with Crippen molar-refractivity contribution in [3.63, 3.8) is 0 Å². The lowest BCUT2D eigenvalue weighted by atomic mass is 10.2. The summed E-state index contributed by atoms with van der Waals surface area (Å²) < 4.78 is 10.6. The van der Waals surface area contributed by atoms with Gasteiger partial charge in [0.05, 0.1) is 30.6 Å². The van der Waals surface area contributed by atoms with E-state index < -0.39 is 0 Å². The van der Waals surface area contributed by atoms with Gasteiger partial charge in [0.2, 0.25) is 0 Å². The Morgan fingerprint density at radius 2 is 1.53 bits per heavy atom. The van der Waals surface area contributed by atoms with E-state index in [1.807, 2.05) is 24.3 Å². The van der Waals surface area contributed by atoms with Crippen LogP contribution in [0.3, 0.4) is 0 Å². The third-order valence-corrected chi connectivity index (χ3v) is 4.66. The van der Waals surface area contributed by atoms with Crippen molar-refractivity contribution < 1.29 is 14.3 Å². The third kappa shape index (κ3) is 5.00. The molecule has 0 unspecified atom stereocenters. The normalized spacial score (nSPS) is 10.1. The van der Waals surface area contributed by atoms with Gasteiger partial charge in [-0.15, -0.1) is 0 Å². The molecule has 0 spiro atoms. The molecule has 0 aliphatic carbocycles. The number of carbonyl (C=O) groups is 1. The van der Waals surface area contributed by atoms with E-state index in [-0.39, 0.29) is 11.0 Å². The molecule has 3 aromatic rings. The van der Waals surface area contributed by atoms with E-state index in [1.54, 1.807) is 48.5 Å². The number of amides is 1. The number of methoxy groups -OCH3 is 2. The molecule has 0 heterocycles. The molecule has 1 amide bonds. The number of carbonyl (C=O) groups excluding carboxylic acids is 1. The molecule has 0 saturated heterocycles. The van der Waals surface area contributed by atoms with Gasteiger partial charge in [-0.1, -0.05) is 48.0 Å². The molecular formula is C22H20ClN3O3S. The summed E-state index contributed by atoms with van der Waals surface area (Å²) in [7, 11) is 3.05. The predicted octanol–water partition coefficient (Wildman–Crippen LogP) is 4.91. The molecule has 0 saturated carbocycles. The van der Waals surface area contributed by atoms with Crippen molar-refractivity contribution in [1.29, 1.82) is 0 Å². The van der Waals surface area contributed by atoms with Gasteiger partial charge < -0.3 is 14.8 Å². The van der Waals surface area contributed by atoms with Crippen LogP contribution in [0.25, 0.3) is 0 Å². The van der Waals surface area contributed by atoms with Crippen LogP contribution >= 0.6 is 23.8 Å². The van der Waals surface area contributed by atoms with Crippen molar-refractivity contribution in [2.75, 3.05) is 24.5 Å². The summed E-state index contributed by atoms with van der Waals surface area (Å²) in [5, 5.41) is 4.97. The highest BCUT2D eigenvalue weighted by molar-refractivity contribution is 7.80. The molecule has 154 valence electrons. The lowest BCUT2D eigenvalue weighted by molar-refractivity contribution is 0.0981. The first kappa shape index (κ1) is 21.4. The Morgan fingerprint density at radius 1 is 0.933 bits per heavy atom. The lowest BCUT2D eigenvalue weighted by Crippen LogP contribution is -2.48. The minimum absolute atomic E-state index is 0.183. The molecule has 0 aliphatic rings. The zero-order valence-corrected chi connectivity index (χ0v) is 18.0. The maximum Gasteiger partial charge on any atom is 0.276 e. The molecule has 8 heteroatoms. The van der Waals surface area contributed by atoms with Gasteiger partial charge in [0, 0.05) is 11.6 Å². The Hall–Kier alpha value is -3.29. The number of thiocarbonyl (C=S) groups is 1. The average Bonchev–Trinajstić information content (AvgIpc) is 2.78. The Bertz CT molecular complexity index is 1030. The van der Waals surface area contributed by atoms with Crippen LogP contribution in [0.4, 0.5) is 11.4 Å². The zero-order valence-electron chi connectivity index (χ0n) is 16.4. The number of benzene rings is 3. The summed E-state index contributed by atoms with van der Waals surface area (Å²) in [5.74, 6) is 0.704. The van der Waals surface area contributed by atoms with Crippen molar-refractivity contribution >= 4 is 46.2 Å². The summed E-state index contributed by atoms with van der Waals surface area (Å²) in [6.07, 6.45) is 0. The van der Waals surface area contributed by atoms with Crippen molar-refractivity contribution in [1.82, 2.24) is 5.43 Å². The number of nitrogens with one attached hydrogen (secondary N) is 2. The summed E-state index contributed by atoms with van der Waals surface area (Å²) in [4.78, 5) is 13.1. The van der Waals surface area contributed by atoms with Crippen molar-refractivity contribution in [3.8, 4) is 11.5 Å². The second-order valence-electron chi connectivity index (χ2n) is 6.10. The van der Waals surface area contributed by atoms with E-state index >= 15 is 0 Å². The molecule has 30 heavy (non-hydrogen) atoms. The number of hydrogen-bond acceptors (Lipinski definition) is 4. The molecule has 0 atom stereocenters. The lowest BCUT2D eigenvalue weighted by Gasteiger charge is -2.25. The van der Waals surface area contributed by atoms with Crippen LogP contribution < -0.4 is 25.2 Å². The average molecular weight is 442 g/mol. The van der Waals surface area contributed by atoms with E-state index in [4.69, 9.17) is 33.3 Å². The van der Waals surface area contributed by atoms with Crippen LogP contribution in [0.1, 0.15) is 10.4 Å². The van der Waals surface area contributed by atoms with Crippen LogP contribution in [-0.4, -0.2) is 25.2 Å². The molecule has 0 aliphatic heterocycles. The summed E-state index contributed by atoms with van der Waals surface area (Å²) in [6.45, 7) is 0. The van der Waals surface area contributed by atoms with Crippen molar-refractivity contribution in [3.05, 3.63) is 83.4 Å². The first-order valence-corrected chi connectivity index (χ1v) is 9.76. The number of hydrogen-bond donors (Lipinski definition) is 2. The van der Waals surface area contributed by atoms with Crippen LogP contribution in [0.15, 0.2) is 72.8 Å². The molecule has 3 aromatic carbocycles. The fourth-order valence-corrected chi connectivity index (χ4v) is 3.17. The van der Waals surface area contributed by atoms with Gasteiger partial charge in [-0.25, -0.2) is 5.01 Å². The van der Waals surface area contributed by atoms with Crippen LogP contribution in [-0.2, 0) is 0 Å². The number of halogens is 1. The standard InChI is InChI=1S/C22H20ClN3O3S/c1-28-19-14-20(29-2)18(13-17(19)23)24-22(30)25-26(16-11-7-4-8-12-16)21(27)15-9-5-3-6-10-15/h3-14H,1-2H3,(H2,24,25,30). The molecule has 2 N–H and O–H groups in total. The molecular weight excluding hydrogens is 422 g/mol. The highest BCUT2D eigenvalue weighted by atomic mass is 35.5. The van der Waals surface area contributed by atoms with E-state index in [9.17, 15) is 4.79 Å². The quantitative estimate of drug-likeness (QED) is 0.433. The maximum atomic E-state index is 13.1. The highest BCUT2D eigenvalue weighted by Gasteiger charge is 2.19. The van der Waals surface area contributed by atoms with Crippen LogP contribution in [0.2, 0.25) is 5.02 Å².